The average molecular weight is 545 g/mol. The van der Waals surface area contributed by atoms with Crippen molar-refractivity contribution in [3.63, 3.8) is 0 Å². The van der Waals surface area contributed by atoms with Gasteiger partial charge in [-0.25, -0.2) is 19.6 Å². The smallest absolute Gasteiger partial charge is 0.416 e. The number of piperidine rings is 1. The highest BCUT2D eigenvalue weighted by Crippen LogP contribution is 2.18. The molecule has 208 valence electrons. The number of pyridine rings is 2. The minimum atomic E-state index is -1.02. The summed E-state index contributed by atoms with van der Waals surface area (Å²) in [6, 6.07) is 14.0. The number of rotatable bonds is 7. The van der Waals surface area contributed by atoms with Crippen LogP contribution in [-0.2, 0) is 6.54 Å². The number of aromatic carboxylic acids is 1. The van der Waals surface area contributed by atoms with Crippen molar-refractivity contribution in [3.8, 4) is 5.88 Å². The first-order valence-electron chi connectivity index (χ1n) is 13.4. The Kier molecular flexibility index (Phi) is 8.50. The molecule has 11 heteroatoms. The SMILES string of the molecule is O=C(O)c1ccc(N2CCN(C(=O)Oc3ccc(NC(=O)c4ccc(CN5CCCCC5)cc4)cn3)CC2)nc1. The number of hydrogen-bond acceptors (Lipinski definition) is 8. The molecule has 4 heterocycles. The number of piperazine rings is 1. The largest absolute Gasteiger partial charge is 0.478 e. The molecule has 0 radical (unpaired) electrons. The lowest BCUT2D eigenvalue weighted by atomic mass is 10.1. The quantitative estimate of drug-likeness (QED) is 0.457. The Hall–Kier alpha value is -4.51. The van der Waals surface area contributed by atoms with E-state index in [2.05, 4.69) is 20.2 Å². The lowest BCUT2D eigenvalue weighted by molar-refractivity contribution is 0.0696. The van der Waals surface area contributed by atoms with Crippen LogP contribution in [0.4, 0.5) is 16.3 Å². The van der Waals surface area contributed by atoms with Crippen molar-refractivity contribution in [2.45, 2.75) is 25.8 Å². The van der Waals surface area contributed by atoms with E-state index < -0.39 is 12.1 Å². The van der Waals surface area contributed by atoms with E-state index in [-0.39, 0.29) is 17.4 Å². The van der Waals surface area contributed by atoms with E-state index >= 15 is 0 Å². The lowest BCUT2D eigenvalue weighted by Gasteiger charge is -2.34. The molecule has 5 rings (SSSR count). The standard InChI is InChI=1S/C29H32N6O5/c36-27(22-6-4-21(5-7-22)20-33-12-2-1-3-13-33)32-24-9-11-26(31-19-24)40-29(39)35-16-14-34(15-17-35)25-10-8-23(18-30-25)28(37)38/h4-11,18-19H,1-3,12-17,20H2,(H,32,36)(H,37,38). The third-order valence-electron chi connectivity index (χ3n) is 7.11. The number of aromatic nitrogens is 2. The van der Waals surface area contributed by atoms with E-state index in [0.29, 0.717) is 43.2 Å². The van der Waals surface area contributed by atoms with Gasteiger partial charge in [0.15, 0.2) is 0 Å². The molecule has 0 aliphatic carbocycles. The number of benzene rings is 1. The van der Waals surface area contributed by atoms with Crippen LogP contribution in [0.15, 0.2) is 60.9 Å². The summed E-state index contributed by atoms with van der Waals surface area (Å²) < 4.78 is 5.42. The fourth-order valence-corrected chi connectivity index (χ4v) is 4.83. The Morgan fingerprint density at radius 3 is 2.15 bits per heavy atom. The third-order valence-corrected chi connectivity index (χ3v) is 7.11. The molecule has 2 aliphatic heterocycles. The van der Waals surface area contributed by atoms with Crippen molar-refractivity contribution in [1.82, 2.24) is 19.8 Å². The molecule has 0 unspecified atom stereocenters. The Morgan fingerprint density at radius 1 is 0.800 bits per heavy atom. The van der Waals surface area contributed by atoms with E-state index in [4.69, 9.17) is 9.84 Å². The number of anilines is 2. The summed E-state index contributed by atoms with van der Waals surface area (Å²) in [6.07, 6.45) is 6.06. The van der Waals surface area contributed by atoms with Gasteiger partial charge in [0.1, 0.15) is 5.82 Å². The van der Waals surface area contributed by atoms with Gasteiger partial charge in [0.05, 0.1) is 17.4 Å². The van der Waals surface area contributed by atoms with Crippen LogP contribution in [-0.4, -0.2) is 82.1 Å². The molecular formula is C29H32N6O5. The number of carbonyl (C=O) groups is 3. The Bertz CT molecular complexity index is 1320. The minimum absolute atomic E-state index is 0.126. The van der Waals surface area contributed by atoms with E-state index in [9.17, 15) is 14.4 Å². The predicted molar refractivity (Wildman–Crippen MR) is 149 cm³/mol. The monoisotopic (exact) mass is 544 g/mol. The first-order valence-corrected chi connectivity index (χ1v) is 13.4. The van der Waals surface area contributed by atoms with E-state index in [0.717, 1.165) is 19.6 Å². The van der Waals surface area contributed by atoms with E-state index in [1.54, 1.807) is 23.1 Å². The summed E-state index contributed by atoms with van der Waals surface area (Å²) in [5.74, 6) is -0.464. The van der Waals surface area contributed by atoms with Gasteiger partial charge in [-0.2, -0.15) is 0 Å². The zero-order valence-corrected chi connectivity index (χ0v) is 22.2. The molecular weight excluding hydrogens is 512 g/mol. The highest BCUT2D eigenvalue weighted by Gasteiger charge is 2.24. The maximum Gasteiger partial charge on any atom is 0.416 e. The molecule has 0 bridgehead atoms. The maximum atomic E-state index is 12.7. The average Bonchev–Trinajstić information content (AvgIpc) is 2.99. The molecule has 2 aromatic heterocycles. The second kappa shape index (κ2) is 12.6. The molecule has 2 N–H and O–H groups in total. The number of carbonyl (C=O) groups excluding carboxylic acids is 2. The molecule has 11 nitrogen and oxygen atoms in total. The number of carboxylic acid groups (broad SMARTS) is 1. The third kappa shape index (κ3) is 6.92. The summed E-state index contributed by atoms with van der Waals surface area (Å²) >= 11 is 0. The van der Waals surface area contributed by atoms with Gasteiger partial charge in [0.25, 0.3) is 5.91 Å². The molecule has 40 heavy (non-hydrogen) atoms. The summed E-state index contributed by atoms with van der Waals surface area (Å²) in [4.78, 5) is 50.7. The molecule has 0 spiro atoms. The molecule has 2 saturated heterocycles. The van der Waals surface area contributed by atoms with Crippen molar-refractivity contribution >= 4 is 29.5 Å². The second-order valence-electron chi connectivity index (χ2n) is 9.93. The molecule has 2 aliphatic rings. The first-order chi connectivity index (χ1) is 19.4. The van der Waals surface area contributed by atoms with Gasteiger partial charge in [-0.1, -0.05) is 18.6 Å². The topological polar surface area (TPSA) is 128 Å². The molecule has 1 aromatic carbocycles. The highest BCUT2D eigenvalue weighted by atomic mass is 16.6. The minimum Gasteiger partial charge on any atom is -0.478 e. The summed E-state index contributed by atoms with van der Waals surface area (Å²) in [7, 11) is 0. The number of ether oxygens (including phenoxy) is 1. The van der Waals surface area contributed by atoms with Crippen molar-refractivity contribution in [2.75, 3.05) is 49.5 Å². The van der Waals surface area contributed by atoms with Gasteiger partial charge in [-0.3, -0.25) is 9.69 Å². The number of amides is 2. The number of nitrogens with zero attached hydrogens (tertiary/aromatic N) is 5. The Morgan fingerprint density at radius 2 is 1.52 bits per heavy atom. The van der Waals surface area contributed by atoms with Crippen LogP contribution in [0.3, 0.4) is 0 Å². The molecule has 3 aromatic rings. The fraction of sp³-hybridized carbons (Fsp3) is 0.345. The van der Waals surface area contributed by atoms with Gasteiger partial charge in [-0.15, -0.1) is 0 Å². The van der Waals surface area contributed by atoms with Crippen LogP contribution >= 0.6 is 0 Å². The van der Waals surface area contributed by atoms with Crippen molar-refractivity contribution in [2.24, 2.45) is 0 Å². The van der Waals surface area contributed by atoms with Gasteiger partial charge in [0, 0.05) is 50.6 Å². The number of nitrogens with one attached hydrogen (secondary N) is 1. The van der Waals surface area contributed by atoms with E-state index in [1.165, 1.54) is 43.3 Å². The van der Waals surface area contributed by atoms with Gasteiger partial charge in [-0.05, 0) is 61.8 Å². The lowest BCUT2D eigenvalue weighted by Crippen LogP contribution is -2.49. The molecule has 0 saturated carbocycles. The van der Waals surface area contributed by atoms with Crippen LogP contribution in [0, 0.1) is 0 Å². The van der Waals surface area contributed by atoms with Crippen molar-refractivity contribution in [1.29, 1.82) is 0 Å². The predicted octanol–water partition coefficient (Wildman–Crippen LogP) is 3.73. The summed E-state index contributed by atoms with van der Waals surface area (Å²) in [5, 5.41) is 11.8. The van der Waals surface area contributed by atoms with Gasteiger partial charge >= 0.3 is 12.1 Å². The van der Waals surface area contributed by atoms with Crippen LogP contribution in [0.1, 0.15) is 45.5 Å². The molecule has 2 amide bonds. The summed E-state index contributed by atoms with van der Waals surface area (Å²) in [5.41, 5.74) is 2.38. The molecule has 2 fully saturated rings. The summed E-state index contributed by atoms with van der Waals surface area (Å²) in [6.45, 7) is 5.07. The van der Waals surface area contributed by atoms with Crippen LogP contribution < -0.4 is 15.0 Å². The fourth-order valence-electron chi connectivity index (χ4n) is 4.83. The Balaban J connectivity index is 1.07. The van der Waals surface area contributed by atoms with Crippen LogP contribution in [0.25, 0.3) is 0 Å². The van der Waals surface area contributed by atoms with E-state index in [1.807, 2.05) is 29.2 Å². The zero-order valence-electron chi connectivity index (χ0n) is 22.2. The molecule has 0 atom stereocenters. The van der Waals surface area contributed by atoms with Crippen LogP contribution in [0.5, 0.6) is 5.88 Å². The zero-order chi connectivity index (χ0) is 27.9. The van der Waals surface area contributed by atoms with Gasteiger partial charge < -0.3 is 25.0 Å². The van der Waals surface area contributed by atoms with Crippen LogP contribution in [0.2, 0.25) is 0 Å². The number of hydrogen-bond donors (Lipinski definition) is 2. The number of carboxylic acids is 1. The van der Waals surface area contributed by atoms with Gasteiger partial charge in [0.2, 0.25) is 5.88 Å². The first kappa shape index (κ1) is 27.1. The van der Waals surface area contributed by atoms with Crippen molar-refractivity contribution in [3.05, 3.63) is 77.6 Å². The van der Waals surface area contributed by atoms with Crippen molar-refractivity contribution < 1.29 is 24.2 Å². The normalized spacial score (nSPS) is 15.9. The second-order valence-corrected chi connectivity index (χ2v) is 9.93. The Labute approximate surface area is 232 Å². The maximum absolute atomic E-state index is 12.7. The highest BCUT2D eigenvalue weighted by molar-refractivity contribution is 6.04. The number of likely N-dealkylation sites (tertiary alicyclic amines) is 1.